The Hall–Kier alpha value is -5.54. The molecule has 1 fully saturated rings. The fourth-order valence-electron chi connectivity index (χ4n) is 5.53. The number of carbonyl (C=O) groups is 4. The molecule has 0 saturated carbocycles. The van der Waals surface area contributed by atoms with E-state index in [0.29, 0.717) is 33.4 Å². The molecule has 0 spiro atoms. The number of hydrogen-bond acceptors (Lipinski definition) is 10. The van der Waals surface area contributed by atoms with Crippen molar-refractivity contribution in [1.29, 1.82) is 0 Å². The number of nitrogens with zero attached hydrogens (tertiary/aromatic N) is 3. The minimum Gasteiger partial charge on any atom is -0.463 e. The number of aryl methyl sites for hydroxylation is 1. The number of carbonyl (C=O) groups excluding carboxylic acids is 4. The highest BCUT2D eigenvalue weighted by molar-refractivity contribution is 6.21. The molecule has 0 N–H and O–H groups in total. The van der Waals surface area contributed by atoms with E-state index in [1.54, 1.807) is 24.3 Å². The number of furan rings is 1. The van der Waals surface area contributed by atoms with Crippen LogP contribution in [-0.2, 0) is 23.8 Å². The number of esters is 2. The fraction of sp³-hybridized carbons (Fsp3) is 0.294. The maximum absolute atomic E-state index is 13.2. The summed E-state index contributed by atoms with van der Waals surface area (Å²) in [5.74, 6) is 4.78. The number of rotatable bonds is 7. The van der Waals surface area contributed by atoms with E-state index in [0.717, 1.165) is 5.56 Å². The van der Waals surface area contributed by atoms with Crippen molar-refractivity contribution in [2.24, 2.45) is 0 Å². The molecule has 1 saturated heterocycles. The Balaban J connectivity index is 1.33. The van der Waals surface area contributed by atoms with Crippen LogP contribution in [0.2, 0.25) is 0 Å². The van der Waals surface area contributed by atoms with Gasteiger partial charge in [-0.1, -0.05) is 53.8 Å². The summed E-state index contributed by atoms with van der Waals surface area (Å²) in [5.41, 5.74) is 2.33. The number of ether oxygens (including phenoxy) is 3. The van der Waals surface area contributed by atoms with Gasteiger partial charge < -0.3 is 18.6 Å². The number of hydrogen-bond donors (Lipinski definition) is 0. The topological polar surface area (TPSA) is 147 Å². The van der Waals surface area contributed by atoms with Gasteiger partial charge in [0.1, 0.15) is 25.0 Å². The molecule has 12 nitrogen and oxygen atoms in total. The highest BCUT2D eigenvalue weighted by Crippen LogP contribution is 2.35. The van der Waals surface area contributed by atoms with Crippen LogP contribution < -0.4 is 5.69 Å². The Morgan fingerprint density at radius 3 is 2.35 bits per heavy atom. The highest BCUT2D eigenvalue weighted by Gasteiger charge is 2.40. The van der Waals surface area contributed by atoms with Crippen LogP contribution in [0.3, 0.4) is 0 Å². The molecule has 2 amide bonds. The summed E-state index contributed by atoms with van der Waals surface area (Å²) >= 11 is 0. The van der Waals surface area contributed by atoms with Crippen molar-refractivity contribution in [2.75, 3.05) is 13.2 Å². The average Bonchev–Trinajstić information content (AvgIpc) is 3.66. The van der Waals surface area contributed by atoms with Crippen LogP contribution in [0.4, 0.5) is 0 Å². The maximum Gasteiger partial charge on any atom is 0.353 e. The van der Waals surface area contributed by atoms with Gasteiger partial charge in [0.25, 0.3) is 11.8 Å². The van der Waals surface area contributed by atoms with Crippen LogP contribution in [0.15, 0.2) is 63.9 Å². The third-order valence-electron chi connectivity index (χ3n) is 7.74. The predicted molar refractivity (Wildman–Crippen MR) is 162 cm³/mol. The average molecular weight is 624 g/mol. The van der Waals surface area contributed by atoms with Crippen molar-refractivity contribution in [3.05, 3.63) is 87.5 Å². The number of imide groups is 1. The molecule has 2 aliphatic rings. The number of amides is 2. The van der Waals surface area contributed by atoms with Crippen molar-refractivity contribution in [2.45, 2.75) is 52.0 Å². The minimum atomic E-state index is -0.887. The van der Waals surface area contributed by atoms with E-state index in [1.807, 2.05) is 31.2 Å². The molecule has 12 heteroatoms. The van der Waals surface area contributed by atoms with Gasteiger partial charge in [0.2, 0.25) is 5.71 Å². The second-order valence-electron chi connectivity index (χ2n) is 11.0. The normalized spacial score (nSPS) is 18.8. The first-order valence-electron chi connectivity index (χ1n) is 14.6. The van der Waals surface area contributed by atoms with E-state index in [2.05, 4.69) is 16.8 Å². The van der Waals surface area contributed by atoms with E-state index in [9.17, 15) is 24.0 Å². The second kappa shape index (κ2) is 12.5. The van der Waals surface area contributed by atoms with Gasteiger partial charge in [0.05, 0.1) is 22.1 Å². The lowest BCUT2D eigenvalue weighted by molar-refractivity contribution is -0.155. The summed E-state index contributed by atoms with van der Waals surface area (Å²) in [7, 11) is 0. The molecule has 46 heavy (non-hydrogen) atoms. The molecule has 6 rings (SSSR count). The van der Waals surface area contributed by atoms with Crippen LogP contribution in [0.5, 0.6) is 0 Å². The predicted octanol–water partition coefficient (Wildman–Crippen LogP) is 3.79. The smallest absolute Gasteiger partial charge is 0.353 e. The molecule has 0 radical (unpaired) electrons. The van der Waals surface area contributed by atoms with Gasteiger partial charge in [0.15, 0.2) is 5.76 Å². The van der Waals surface area contributed by atoms with E-state index in [-0.39, 0.29) is 43.5 Å². The van der Waals surface area contributed by atoms with Gasteiger partial charge in [-0.15, -0.1) is 0 Å². The molecule has 4 aromatic rings. The largest absolute Gasteiger partial charge is 0.463 e. The van der Waals surface area contributed by atoms with Gasteiger partial charge in [0, 0.05) is 45.0 Å². The fourth-order valence-corrected chi connectivity index (χ4v) is 5.53. The lowest BCUT2D eigenvalue weighted by Gasteiger charge is -2.17. The number of aromatic nitrogens is 2. The van der Waals surface area contributed by atoms with E-state index in [1.165, 1.54) is 29.5 Å². The first-order valence-corrected chi connectivity index (χ1v) is 14.6. The molecule has 0 bridgehead atoms. The van der Waals surface area contributed by atoms with Gasteiger partial charge in [-0.2, -0.15) is 4.98 Å². The van der Waals surface area contributed by atoms with Gasteiger partial charge >= 0.3 is 17.6 Å². The summed E-state index contributed by atoms with van der Waals surface area (Å²) in [4.78, 5) is 67.3. The van der Waals surface area contributed by atoms with E-state index >= 15 is 0 Å². The SMILES string of the molecule is CC(=O)OC[C@H]1O[C@@H](n2cc3c(C#CCCN4C(=O)c5ccccc5C4=O)c(-c4ccc(C)cc4)oc3nc2=O)C[C@@H]1OC(C)=O. The Kier molecular flexibility index (Phi) is 8.25. The molecular weight excluding hydrogens is 594 g/mol. The molecule has 4 heterocycles. The minimum absolute atomic E-state index is 0.0625. The number of fused-ring (bicyclic) bond motifs is 2. The summed E-state index contributed by atoms with van der Waals surface area (Å²) < 4.78 is 23.8. The Morgan fingerprint density at radius 2 is 1.70 bits per heavy atom. The van der Waals surface area contributed by atoms with Crippen molar-refractivity contribution in [3.63, 3.8) is 0 Å². The molecular formula is C34H29N3O9. The van der Waals surface area contributed by atoms with E-state index in [4.69, 9.17) is 18.6 Å². The zero-order valence-corrected chi connectivity index (χ0v) is 25.3. The van der Waals surface area contributed by atoms with Crippen molar-refractivity contribution < 1.29 is 37.8 Å². The van der Waals surface area contributed by atoms with Crippen LogP contribution in [0.1, 0.15) is 64.8 Å². The quantitative estimate of drug-likeness (QED) is 0.169. The monoisotopic (exact) mass is 623 g/mol. The van der Waals surface area contributed by atoms with Crippen molar-refractivity contribution in [1.82, 2.24) is 14.5 Å². The second-order valence-corrected chi connectivity index (χ2v) is 11.0. The van der Waals surface area contributed by atoms with Crippen molar-refractivity contribution >= 4 is 34.9 Å². The van der Waals surface area contributed by atoms with Gasteiger partial charge in [-0.25, -0.2) is 4.79 Å². The molecule has 234 valence electrons. The molecule has 2 aromatic carbocycles. The van der Waals surface area contributed by atoms with Crippen molar-refractivity contribution in [3.8, 4) is 23.2 Å². The molecule has 3 atom stereocenters. The molecule has 2 aromatic heterocycles. The van der Waals surface area contributed by atoms with Gasteiger partial charge in [-0.3, -0.25) is 28.6 Å². The zero-order valence-electron chi connectivity index (χ0n) is 25.3. The highest BCUT2D eigenvalue weighted by atomic mass is 16.6. The lowest BCUT2D eigenvalue weighted by atomic mass is 10.1. The summed E-state index contributed by atoms with van der Waals surface area (Å²) in [5, 5.41) is 0.430. The standard InChI is InChI=1S/C34H29N3O9/c1-19-11-13-22(14-12-19)30-23(8-6-7-15-36-32(40)24-9-4-5-10-25(24)33(36)41)26-17-37(34(42)35-31(26)46-30)29-16-27(44-21(3)39)28(45-29)18-43-20(2)38/h4-5,9-14,17,27-29H,7,15-16,18H2,1-3H3/t27-,28+,29+/m0/s1. The third kappa shape index (κ3) is 5.92. The Bertz CT molecular complexity index is 1960. The molecule has 2 aliphatic heterocycles. The number of benzene rings is 2. The Labute approximate surface area is 262 Å². The lowest BCUT2D eigenvalue weighted by Crippen LogP contribution is -2.31. The van der Waals surface area contributed by atoms with Crippen LogP contribution in [0.25, 0.3) is 22.4 Å². The van der Waals surface area contributed by atoms with Crippen LogP contribution >= 0.6 is 0 Å². The van der Waals surface area contributed by atoms with E-state index < -0.39 is 36.1 Å². The Morgan fingerprint density at radius 1 is 1.00 bits per heavy atom. The zero-order chi connectivity index (χ0) is 32.5. The summed E-state index contributed by atoms with van der Waals surface area (Å²) in [6.07, 6.45) is -0.618. The van der Waals surface area contributed by atoms with Crippen LogP contribution in [0, 0.1) is 18.8 Å². The summed E-state index contributed by atoms with van der Waals surface area (Å²) in [6, 6.07) is 14.2. The molecule has 0 unspecified atom stereocenters. The first kappa shape index (κ1) is 30.5. The van der Waals surface area contributed by atoms with Crippen LogP contribution in [-0.4, -0.2) is 63.6 Å². The third-order valence-corrected chi connectivity index (χ3v) is 7.74. The maximum atomic E-state index is 13.2. The van der Waals surface area contributed by atoms with Gasteiger partial charge in [-0.05, 0) is 19.1 Å². The molecule has 0 aliphatic carbocycles. The first-order chi connectivity index (χ1) is 22.1. The summed E-state index contributed by atoms with van der Waals surface area (Å²) in [6.45, 7) is 4.39.